The van der Waals surface area contributed by atoms with E-state index in [-0.39, 0.29) is 0 Å². The highest BCUT2D eigenvalue weighted by molar-refractivity contribution is 5.85. The van der Waals surface area contributed by atoms with Crippen molar-refractivity contribution in [1.29, 1.82) is 0 Å². The molecule has 1 aliphatic rings. The summed E-state index contributed by atoms with van der Waals surface area (Å²) in [6, 6.07) is 3.81. The molecule has 17 heavy (non-hydrogen) atoms. The lowest BCUT2D eigenvalue weighted by Crippen LogP contribution is -2.51. The number of likely N-dealkylation sites (N-methyl/N-ethyl adjacent to an activating group) is 2. The van der Waals surface area contributed by atoms with Crippen molar-refractivity contribution in [3.63, 3.8) is 0 Å². The highest BCUT2D eigenvalue weighted by atomic mass is 16.4. The van der Waals surface area contributed by atoms with E-state index in [1.165, 1.54) is 0 Å². The molecule has 2 rings (SSSR count). The summed E-state index contributed by atoms with van der Waals surface area (Å²) in [7, 11) is 4.20. The molecule has 0 bridgehead atoms. The molecular formula is C12H19N3O2. The maximum Gasteiger partial charge on any atom is 0.352 e. The second-order valence-electron chi connectivity index (χ2n) is 4.75. The first-order chi connectivity index (χ1) is 8.08. The van der Waals surface area contributed by atoms with E-state index >= 15 is 0 Å². The van der Waals surface area contributed by atoms with E-state index in [9.17, 15) is 4.79 Å². The monoisotopic (exact) mass is 237 g/mol. The molecule has 1 fully saturated rings. The van der Waals surface area contributed by atoms with Crippen LogP contribution in [-0.2, 0) is 6.54 Å². The summed E-state index contributed by atoms with van der Waals surface area (Å²) in [5, 5.41) is 9.06. The largest absolute Gasteiger partial charge is 0.477 e. The summed E-state index contributed by atoms with van der Waals surface area (Å²) in [4.78, 5) is 15.6. The third kappa shape index (κ3) is 2.68. The van der Waals surface area contributed by atoms with Gasteiger partial charge in [0.2, 0.25) is 0 Å². The summed E-state index contributed by atoms with van der Waals surface area (Å²) in [5.74, 6) is -0.859. The number of carboxylic acid groups (broad SMARTS) is 1. The van der Waals surface area contributed by atoms with Gasteiger partial charge in [0, 0.05) is 38.4 Å². The van der Waals surface area contributed by atoms with Crippen molar-refractivity contribution in [1.82, 2.24) is 14.4 Å². The molecule has 0 spiro atoms. The number of rotatable bonds is 3. The third-order valence-electron chi connectivity index (χ3n) is 3.44. The van der Waals surface area contributed by atoms with Crippen LogP contribution in [0.2, 0.25) is 0 Å². The summed E-state index contributed by atoms with van der Waals surface area (Å²) >= 11 is 0. The lowest BCUT2D eigenvalue weighted by Gasteiger charge is -2.38. The van der Waals surface area contributed by atoms with Crippen LogP contribution >= 0.6 is 0 Å². The number of hydrogen-bond acceptors (Lipinski definition) is 3. The molecule has 1 aromatic rings. The van der Waals surface area contributed by atoms with E-state index in [0.717, 1.165) is 26.2 Å². The summed E-state index contributed by atoms with van der Waals surface area (Å²) in [5.41, 5.74) is 0.367. The smallest absolute Gasteiger partial charge is 0.352 e. The van der Waals surface area contributed by atoms with Crippen LogP contribution in [0.1, 0.15) is 10.5 Å². The van der Waals surface area contributed by atoms with Crippen molar-refractivity contribution in [2.24, 2.45) is 0 Å². The highest BCUT2D eigenvalue weighted by Gasteiger charge is 2.23. The fraction of sp³-hybridized carbons (Fsp3) is 0.583. The van der Waals surface area contributed by atoms with Gasteiger partial charge in [-0.3, -0.25) is 4.90 Å². The summed E-state index contributed by atoms with van der Waals surface area (Å²) < 4.78 is 1.82. The van der Waals surface area contributed by atoms with Crippen LogP contribution in [0.25, 0.3) is 0 Å². The minimum absolute atomic E-state index is 0.367. The Kier molecular flexibility index (Phi) is 3.49. The van der Waals surface area contributed by atoms with Crippen molar-refractivity contribution in [3.8, 4) is 0 Å². The Labute approximate surface area is 101 Å². The second-order valence-corrected chi connectivity index (χ2v) is 4.75. The van der Waals surface area contributed by atoms with E-state index in [0.29, 0.717) is 11.7 Å². The van der Waals surface area contributed by atoms with Gasteiger partial charge in [-0.15, -0.1) is 0 Å². The quantitative estimate of drug-likeness (QED) is 0.828. The van der Waals surface area contributed by atoms with Crippen LogP contribution < -0.4 is 0 Å². The number of aromatic carboxylic acids is 1. The van der Waals surface area contributed by atoms with Crippen LogP contribution in [0.5, 0.6) is 0 Å². The standard InChI is InChI=1S/C12H19N3O2/c1-13-6-7-14(2)10(8-13)9-15-5-3-4-11(15)12(16)17/h3-5,10H,6-9H2,1-2H3,(H,16,17). The van der Waals surface area contributed by atoms with Crippen molar-refractivity contribution in [2.75, 3.05) is 33.7 Å². The molecule has 1 aromatic heterocycles. The average Bonchev–Trinajstić information content (AvgIpc) is 2.71. The minimum Gasteiger partial charge on any atom is -0.477 e. The predicted octanol–water partition coefficient (Wildman–Crippen LogP) is 0.432. The van der Waals surface area contributed by atoms with Gasteiger partial charge in [0.15, 0.2) is 0 Å². The molecular weight excluding hydrogens is 218 g/mol. The van der Waals surface area contributed by atoms with E-state index in [1.807, 2.05) is 10.8 Å². The van der Waals surface area contributed by atoms with Gasteiger partial charge in [0.1, 0.15) is 5.69 Å². The average molecular weight is 237 g/mol. The van der Waals surface area contributed by atoms with Crippen LogP contribution in [-0.4, -0.2) is 65.2 Å². The molecule has 1 atom stereocenters. The highest BCUT2D eigenvalue weighted by Crippen LogP contribution is 2.11. The van der Waals surface area contributed by atoms with Crippen LogP contribution in [0.3, 0.4) is 0 Å². The van der Waals surface area contributed by atoms with Gasteiger partial charge in [0.05, 0.1) is 0 Å². The number of hydrogen-bond donors (Lipinski definition) is 1. The molecule has 1 unspecified atom stereocenters. The first kappa shape index (κ1) is 12.1. The van der Waals surface area contributed by atoms with Gasteiger partial charge in [-0.25, -0.2) is 4.79 Å². The fourth-order valence-corrected chi connectivity index (χ4v) is 2.29. The number of carboxylic acids is 1. The normalized spacial score (nSPS) is 22.8. The molecule has 5 nitrogen and oxygen atoms in total. The number of nitrogens with zero attached hydrogens (tertiary/aromatic N) is 3. The minimum atomic E-state index is -0.859. The third-order valence-corrected chi connectivity index (χ3v) is 3.44. The zero-order valence-electron chi connectivity index (χ0n) is 10.3. The molecule has 1 N–H and O–H groups in total. The van der Waals surface area contributed by atoms with Gasteiger partial charge in [-0.05, 0) is 26.2 Å². The summed E-state index contributed by atoms with van der Waals surface area (Å²) in [6.45, 7) is 3.82. The summed E-state index contributed by atoms with van der Waals surface area (Å²) in [6.07, 6.45) is 1.84. The Balaban J connectivity index is 2.09. The molecule has 1 saturated heterocycles. The maximum atomic E-state index is 11.0. The SMILES string of the molecule is CN1CCN(C)C(Cn2cccc2C(=O)O)C1. The molecule has 0 saturated carbocycles. The first-order valence-corrected chi connectivity index (χ1v) is 5.85. The van der Waals surface area contributed by atoms with Gasteiger partial charge in [-0.1, -0.05) is 0 Å². The lowest BCUT2D eigenvalue weighted by molar-refractivity contribution is 0.0675. The van der Waals surface area contributed by atoms with Gasteiger partial charge >= 0.3 is 5.97 Å². The van der Waals surface area contributed by atoms with Gasteiger partial charge in [-0.2, -0.15) is 0 Å². The molecule has 0 amide bonds. The Morgan fingerprint density at radius 2 is 2.24 bits per heavy atom. The van der Waals surface area contributed by atoms with Gasteiger partial charge < -0.3 is 14.6 Å². The molecule has 2 heterocycles. The zero-order chi connectivity index (χ0) is 12.4. The van der Waals surface area contributed by atoms with Gasteiger partial charge in [0.25, 0.3) is 0 Å². The van der Waals surface area contributed by atoms with E-state index < -0.39 is 5.97 Å². The van der Waals surface area contributed by atoms with Crippen LogP contribution in [0.4, 0.5) is 0 Å². The number of aromatic nitrogens is 1. The lowest BCUT2D eigenvalue weighted by atomic mass is 10.2. The van der Waals surface area contributed by atoms with E-state index in [2.05, 4.69) is 23.9 Å². The Morgan fingerprint density at radius 1 is 1.47 bits per heavy atom. The topological polar surface area (TPSA) is 48.7 Å². The predicted molar refractivity (Wildman–Crippen MR) is 65.3 cm³/mol. The first-order valence-electron chi connectivity index (χ1n) is 5.85. The van der Waals surface area contributed by atoms with Crippen molar-refractivity contribution >= 4 is 5.97 Å². The van der Waals surface area contributed by atoms with E-state index in [1.54, 1.807) is 12.1 Å². The molecule has 0 aliphatic carbocycles. The van der Waals surface area contributed by atoms with Crippen molar-refractivity contribution in [2.45, 2.75) is 12.6 Å². The van der Waals surface area contributed by atoms with Crippen molar-refractivity contribution < 1.29 is 9.90 Å². The molecule has 1 aliphatic heterocycles. The molecule has 94 valence electrons. The zero-order valence-corrected chi connectivity index (χ0v) is 10.3. The van der Waals surface area contributed by atoms with Crippen molar-refractivity contribution in [3.05, 3.63) is 24.0 Å². The maximum absolute atomic E-state index is 11.0. The van der Waals surface area contributed by atoms with Crippen LogP contribution in [0.15, 0.2) is 18.3 Å². The number of piperazine rings is 1. The van der Waals surface area contributed by atoms with E-state index in [4.69, 9.17) is 5.11 Å². The Morgan fingerprint density at radius 3 is 2.94 bits per heavy atom. The van der Waals surface area contributed by atoms with Crippen LogP contribution in [0, 0.1) is 0 Å². The Bertz CT molecular complexity index is 402. The molecule has 0 aromatic carbocycles. The molecule has 0 radical (unpaired) electrons. The molecule has 5 heteroatoms. The fourth-order valence-electron chi connectivity index (χ4n) is 2.29. The second kappa shape index (κ2) is 4.89. The number of carbonyl (C=O) groups is 1. The Hall–Kier alpha value is -1.33.